The van der Waals surface area contributed by atoms with Crippen molar-refractivity contribution in [1.29, 1.82) is 0 Å². The zero-order valence-electron chi connectivity index (χ0n) is 11.2. The van der Waals surface area contributed by atoms with Gasteiger partial charge in [-0.3, -0.25) is 15.0 Å². The summed E-state index contributed by atoms with van der Waals surface area (Å²) < 4.78 is 5.34. The van der Waals surface area contributed by atoms with E-state index in [0.717, 1.165) is 18.5 Å². The summed E-state index contributed by atoms with van der Waals surface area (Å²) in [6.45, 7) is 5.13. The van der Waals surface area contributed by atoms with Crippen LogP contribution in [-0.2, 0) is 11.3 Å². The fraction of sp³-hybridized carbons (Fsp3) is 0.538. The van der Waals surface area contributed by atoms with E-state index in [-0.39, 0.29) is 11.7 Å². The third-order valence-corrected chi connectivity index (χ3v) is 3.61. The number of likely N-dealkylation sites (tertiary alicyclic amines) is 1. The van der Waals surface area contributed by atoms with Crippen LogP contribution in [0.25, 0.3) is 0 Å². The van der Waals surface area contributed by atoms with Gasteiger partial charge in [0, 0.05) is 25.1 Å². The third kappa shape index (κ3) is 2.78. The Morgan fingerprint density at radius 1 is 1.63 bits per heavy atom. The summed E-state index contributed by atoms with van der Waals surface area (Å²) in [4.78, 5) is 25.0. The average Bonchev–Trinajstić information content (AvgIpc) is 2.93. The monoisotopic (exact) mass is 265 g/mol. The predicted octanol–water partition coefficient (Wildman–Crippen LogP) is 0.950. The highest BCUT2D eigenvalue weighted by Gasteiger charge is 2.29. The smallest absolute Gasteiger partial charge is 0.300 e. The van der Waals surface area contributed by atoms with E-state index in [2.05, 4.69) is 6.92 Å². The minimum atomic E-state index is -0.464. The van der Waals surface area contributed by atoms with Crippen molar-refractivity contribution in [1.82, 2.24) is 10.3 Å². The molecule has 1 aliphatic heterocycles. The Hall–Kier alpha value is -1.82. The van der Waals surface area contributed by atoms with Crippen LogP contribution < -0.4 is 11.3 Å². The molecule has 0 saturated carbocycles. The number of hydrazine groups is 1. The molecular weight excluding hydrogens is 246 g/mol. The highest BCUT2D eigenvalue weighted by Crippen LogP contribution is 2.24. The summed E-state index contributed by atoms with van der Waals surface area (Å²) >= 11 is 0. The zero-order chi connectivity index (χ0) is 14.0. The van der Waals surface area contributed by atoms with Gasteiger partial charge in [0.25, 0.3) is 0 Å². The number of amides is 2. The summed E-state index contributed by atoms with van der Waals surface area (Å²) in [6.07, 6.45) is 1.62. The second-order valence-electron chi connectivity index (χ2n) is 4.92. The van der Waals surface area contributed by atoms with Gasteiger partial charge >= 0.3 is 5.91 Å². The van der Waals surface area contributed by atoms with Crippen molar-refractivity contribution in [3.8, 4) is 0 Å². The first kappa shape index (κ1) is 13.6. The van der Waals surface area contributed by atoms with Crippen molar-refractivity contribution in [2.75, 3.05) is 6.54 Å². The molecule has 1 fully saturated rings. The van der Waals surface area contributed by atoms with Crippen LogP contribution in [0.5, 0.6) is 0 Å². The summed E-state index contributed by atoms with van der Waals surface area (Å²) in [7, 11) is 0. The largest absolute Gasteiger partial charge is 0.456 e. The van der Waals surface area contributed by atoms with Gasteiger partial charge < -0.3 is 9.32 Å². The molecule has 2 heterocycles. The van der Waals surface area contributed by atoms with E-state index in [1.54, 1.807) is 13.0 Å². The van der Waals surface area contributed by atoms with Gasteiger partial charge in [-0.05, 0) is 18.9 Å². The maximum absolute atomic E-state index is 11.9. The van der Waals surface area contributed by atoms with Crippen LogP contribution in [0.1, 0.15) is 41.6 Å². The van der Waals surface area contributed by atoms with Crippen molar-refractivity contribution in [3.63, 3.8) is 0 Å². The van der Waals surface area contributed by atoms with Gasteiger partial charge in [-0.1, -0.05) is 13.3 Å². The first-order valence-corrected chi connectivity index (χ1v) is 6.43. The van der Waals surface area contributed by atoms with Crippen molar-refractivity contribution < 1.29 is 14.0 Å². The number of rotatable bonds is 4. The van der Waals surface area contributed by atoms with Gasteiger partial charge in [-0.15, -0.1) is 0 Å². The molecule has 3 N–H and O–H groups in total. The average molecular weight is 265 g/mol. The van der Waals surface area contributed by atoms with Crippen LogP contribution in [0.3, 0.4) is 0 Å². The second-order valence-corrected chi connectivity index (χ2v) is 4.92. The number of nitrogen functional groups attached to an aromatic ring is 1. The number of carbonyl (C=O) groups excluding carboxylic acids is 2. The maximum atomic E-state index is 11.9. The Morgan fingerprint density at radius 2 is 2.37 bits per heavy atom. The van der Waals surface area contributed by atoms with Crippen molar-refractivity contribution in [2.24, 2.45) is 11.8 Å². The molecule has 0 aliphatic carbocycles. The topological polar surface area (TPSA) is 88.6 Å². The first-order valence-electron chi connectivity index (χ1n) is 6.43. The molecule has 2 rings (SSSR count). The number of nitrogens with two attached hydrogens (primary N) is 1. The predicted molar refractivity (Wildman–Crippen MR) is 68.9 cm³/mol. The molecule has 6 heteroatoms. The number of carbonyl (C=O) groups is 2. The van der Waals surface area contributed by atoms with E-state index >= 15 is 0 Å². The molecule has 0 spiro atoms. The molecule has 1 unspecified atom stereocenters. The molecule has 0 bridgehead atoms. The van der Waals surface area contributed by atoms with Gasteiger partial charge in [0.2, 0.25) is 5.91 Å². The molecule has 0 aromatic carbocycles. The van der Waals surface area contributed by atoms with E-state index in [9.17, 15) is 9.59 Å². The maximum Gasteiger partial charge on any atom is 0.300 e. The lowest BCUT2D eigenvalue weighted by atomic mass is 10.1. The van der Waals surface area contributed by atoms with Crippen LogP contribution in [-0.4, -0.2) is 23.3 Å². The number of nitrogens with zero attached hydrogens (tertiary/aromatic N) is 1. The number of hydrogen-bond acceptors (Lipinski definition) is 4. The minimum Gasteiger partial charge on any atom is -0.456 e. The molecule has 104 valence electrons. The summed E-state index contributed by atoms with van der Waals surface area (Å²) in [5.41, 5.74) is 2.88. The van der Waals surface area contributed by atoms with Crippen LogP contribution in [0.2, 0.25) is 0 Å². The number of hydrogen-bond donors (Lipinski definition) is 2. The number of aryl methyl sites for hydroxylation is 1. The van der Waals surface area contributed by atoms with Gasteiger partial charge in [0.05, 0.1) is 0 Å². The van der Waals surface area contributed by atoms with Crippen molar-refractivity contribution in [3.05, 3.63) is 23.2 Å². The molecule has 6 nitrogen and oxygen atoms in total. The van der Waals surface area contributed by atoms with Crippen LogP contribution in [0, 0.1) is 12.8 Å². The molecule has 2 amide bonds. The lowest BCUT2D eigenvalue weighted by Crippen LogP contribution is -2.29. The van der Waals surface area contributed by atoms with Crippen LogP contribution in [0.4, 0.5) is 0 Å². The van der Waals surface area contributed by atoms with Gasteiger partial charge in [-0.25, -0.2) is 5.84 Å². The van der Waals surface area contributed by atoms with E-state index in [1.165, 1.54) is 0 Å². The Morgan fingerprint density at radius 3 is 2.95 bits per heavy atom. The lowest BCUT2D eigenvalue weighted by Gasteiger charge is -2.15. The van der Waals surface area contributed by atoms with E-state index in [4.69, 9.17) is 10.3 Å². The standard InChI is InChI=1S/C13H19N3O3/c1-3-9-4-12(17)16(6-9)7-10-5-11(13(18)15-14)19-8(10)2/h5,9H,3-4,6-7,14H2,1-2H3,(H,15,18). The third-order valence-electron chi connectivity index (χ3n) is 3.61. The van der Waals surface area contributed by atoms with Gasteiger partial charge in [-0.2, -0.15) is 0 Å². The Labute approximate surface area is 111 Å². The fourth-order valence-electron chi connectivity index (χ4n) is 2.35. The van der Waals surface area contributed by atoms with Gasteiger partial charge in [0.1, 0.15) is 5.76 Å². The summed E-state index contributed by atoms with van der Waals surface area (Å²) in [5, 5.41) is 0. The highest BCUT2D eigenvalue weighted by molar-refractivity contribution is 5.91. The molecule has 1 aliphatic rings. The molecule has 1 atom stereocenters. The molecule has 0 radical (unpaired) electrons. The normalized spacial score (nSPS) is 19.0. The van der Waals surface area contributed by atoms with Crippen molar-refractivity contribution >= 4 is 11.8 Å². The second kappa shape index (κ2) is 5.44. The van der Waals surface area contributed by atoms with E-state index < -0.39 is 5.91 Å². The van der Waals surface area contributed by atoms with Crippen LogP contribution in [0.15, 0.2) is 10.5 Å². The molecule has 1 aromatic rings. The van der Waals surface area contributed by atoms with Gasteiger partial charge in [0.15, 0.2) is 5.76 Å². The zero-order valence-corrected chi connectivity index (χ0v) is 11.2. The Kier molecular flexibility index (Phi) is 3.90. The SMILES string of the molecule is CCC1CC(=O)N(Cc2cc(C(=O)NN)oc2C)C1. The quantitative estimate of drug-likeness (QED) is 0.482. The molecule has 19 heavy (non-hydrogen) atoms. The fourth-order valence-corrected chi connectivity index (χ4v) is 2.35. The van der Waals surface area contributed by atoms with Crippen LogP contribution >= 0.6 is 0 Å². The first-order chi connectivity index (χ1) is 9.05. The molecular formula is C13H19N3O3. The van der Waals surface area contributed by atoms with E-state index in [1.807, 2.05) is 10.3 Å². The Balaban J connectivity index is 2.09. The van der Waals surface area contributed by atoms with E-state index in [0.29, 0.717) is 24.6 Å². The molecule has 1 saturated heterocycles. The molecule has 1 aromatic heterocycles. The lowest BCUT2D eigenvalue weighted by molar-refractivity contribution is -0.128. The summed E-state index contributed by atoms with van der Waals surface area (Å²) in [5.74, 6) is 6.02. The minimum absolute atomic E-state index is 0.164. The number of furan rings is 1. The Bertz CT molecular complexity index is 495. The highest BCUT2D eigenvalue weighted by atomic mass is 16.4. The summed E-state index contributed by atoms with van der Waals surface area (Å²) in [6, 6.07) is 1.64. The number of nitrogens with one attached hydrogen (secondary N) is 1. The van der Waals surface area contributed by atoms with Crippen molar-refractivity contribution in [2.45, 2.75) is 33.2 Å².